The van der Waals surface area contributed by atoms with Crippen LogP contribution in [0.4, 0.5) is 0 Å². The van der Waals surface area contributed by atoms with E-state index in [2.05, 4.69) is 4.98 Å². The van der Waals surface area contributed by atoms with Gasteiger partial charge in [-0.05, 0) is 24.3 Å². The highest BCUT2D eigenvalue weighted by atomic mass is 35.5. The summed E-state index contributed by atoms with van der Waals surface area (Å²) in [5, 5.41) is 0.0961. The highest BCUT2D eigenvalue weighted by molar-refractivity contribution is 6.32. The predicted molar refractivity (Wildman–Crippen MR) is 82.6 cm³/mol. The van der Waals surface area contributed by atoms with Gasteiger partial charge in [-0.1, -0.05) is 17.7 Å². The van der Waals surface area contributed by atoms with Crippen LogP contribution < -0.4 is 14.2 Å². The average Bonchev–Trinajstić information content (AvgIpc) is 2.90. The van der Waals surface area contributed by atoms with Gasteiger partial charge in [0.05, 0.1) is 0 Å². The van der Waals surface area contributed by atoms with Gasteiger partial charge < -0.3 is 14.2 Å². The molecule has 4 rings (SSSR count). The van der Waals surface area contributed by atoms with E-state index >= 15 is 0 Å². The van der Waals surface area contributed by atoms with Crippen LogP contribution >= 0.6 is 11.6 Å². The molecule has 116 valence electrons. The highest BCUT2D eigenvalue weighted by Gasteiger charge is 2.21. The first-order valence-electron chi connectivity index (χ1n) is 6.97. The van der Waals surface area contributed by atoms with Gasteiger partial charge in [-0.25, -0.2) is 9.78 Å². The lowest BCUT2D eigenvalue weighted by atomic mass is 10.3. The van der Waals surface area contributed by atoms with Crippen molar-refractivity contribution in [3.63, 3.8) is 0 Å². The number of benzene rings is 1. The second-order valence-electron chi connectivity index (χ2n) is 4.88. The number of carbonyl (C=O) groups is 1. The molecule has 3 heterocycles. The van der Waals surface area contributed by atoms with Crippen LogP contribution in [0.25, 0.3) is 5.65 Å². The molecule has 6 nitrogen and oxygen atoms in total. The summed E-state index contributed by atoms with van der Waals surface area (Å²) >= 11 is 6.07. The number of ether oxygens (including phenoxy) is 3. The highest BCUT2D eigenvalue weighted by Crippen LogP contribution is 2.34. The molecule has 0 unspecified atom stereocenters. The minimum Gasteiger partial charge on any atom is -0.486 e. The van der Waals surface area contributed by atoms with Crippen LogP contribution in [0.1, 0.15) is 10.5 Å². The molecule has 2 aromatic heterocycles. The first-order valence-corrected chi connectivity index (χ1v) is 7.34. The molecule has 23 heavy (non-hydrogen) atoms. The van der Waals surface area contributed by atoms with Crippen molar-refractivity contribution < 1.29 is 19.0 Å². The van der Waals surface area contributed by atoms with Crippen LogP contribution in [-0.2, 0) is 0 Å². The van der Waals surface area contributed by atoms with E-state index in [0.29, 0.717) is 36.1 Å². The summed E-state index contributed by atoms with van der Waals surface area (Å²) in [7, 11) is 0. The molecular weight excluding hydrogens is 320 g/mol. The maximum Gasteiger partial charge on any atom is 0.364 e. The molecule has 0 atom stereocenters. The average molecular weight is 331 g/mol. The Morgan fingerprint density at radius 3 is 2.87 bits per heavy atom. The van der Waals surface area contributed by atoms with Crippen molar-refractivity contribution >= 4 is 23.2 Å². The Balaban J connectivity index is 1.66. The van der Waals surface area contributed by atoms with Crippen LogP contribution in [0.15, 0.2) is 42.6 Å². The molecular formula is C16H11ClN2O4. The summed E-state index contributed by atoms with van der Waals surface area (Å²) < 4.78 is 17.9. The lowest BCUT2D eigenvalue weighted by Crippen LogP contribution is -2.16. The van der Waals surface area contributed by atoms with E-state index in [1.165, 1.54) is 0 Å². The van der Waals surface area contributed by atoms with Crippen LogP contribution in [-0.4, -0.2) is 28.6 Å². The second kappa shape index (κ2) is 5.48. The van der Waals surface area contributed by atoms with Crippen molar-refractivity contribution in [1.29, 1.82) is 0 Å². The monoisotopic (exact) mass is 330 g/mol. The van der Waals surface area contributed by atoms with Crippen LogP contribution in [0.5, 0.6) is 17.2 Å². The standard InChI is InChI=1S/C16H11ClN2O4/c17-15-14(19-6-2-1-3-13(19)18-15)16(20)23-10-4-5-11-12(9-10)22-8-7-21-11/h1-6,9H,7-8H2. The summed E-state index contributed by atoms with van der Waals surface area (Å²) in [6.45, 7) is 0.965. The van der Waals surface area contributed by atoms with Gasteiger partial charge in [-0.2, -0.15) is 0 Å². The predicted octanol–water partition coefficient (Wildman–Crippen LogP) is 2.98. The van der Waals surface area contributed by atoms with Crippen LogP contribution in [0.3, 0.4) is 0 Å². The zero-order valence-electron chi connectivity index (χ0n) is 11.9. The second-order valence-corrected chi connectivity index (χ2v) is 5.23. The quantitative estimate of drug-likeness (QED) is 0.534. The van der Waals surface area contributed by atoms with Gasteiger partial charge in [0.25, 0.3) is 0 Å². The zero-order chi connectivity index (χ0) is 15.8. The molecule has 0 fully saturated rings. The van der Waals surface area contributed by atoms with Crippen LogP contribution in [0.2, 0.25) is 5.15 Å². The number of halogens is 1. The summed E-state index contributed by atoms with van der Waals surface area (Å²) in [4.78, 5) is 16.6. The molecule has 0 amide bonds. The van der Waals surface area contributed by atoms with Crippen molar-refractivity contribution in [3.05, 3.63) is 53.4 Å². The molecule has 0 saturated carbocycles. The maximum atomic E-state index is 12.4. The van der Waals surface area contributed by atoms with E-state index in [0.717, 1.165) is 0 Å². The van der Waals surface area contributed by atoms with Crippen molar-refractivity contribution in [3.8, 4) is 17.2 Å². The SMILES string of the molecule is O=C(Oc1ccc2c(c1)OCCO2)c1c(Cl)nc2ccccn12. The number of rotatable bonds is 2. The number of aromatic nitrogens is 2. The molecule has 0 aliphatic carbocycles. The molecule has 0 spiro atoms. The number of esters is 1. The third-order valence-electron chi connectivity index (χ3n) is 3.40. The molecule has 3 aromatic rings. The van der Waals surface area contributed by atoms with Gasteiger partial charge in [-0.15, -0.1) is 0 Å². The van der Waals surface area contributed by atoms with E-state index in [1.807, 2.05) is 6.07 Å². The molecule has 0 N–H and O–H groups in total. The van der Waals surface area contributed by atoms with Gasteiger partial charge >= 0.3 is 5.97 Å². The number of carbonyl (C=O) groups excluding carboxylic acids is 1. The lowest BCUT2D eigenvalue weighted by Gasteiger charge is -2.18. The minimum absolute atomic E-state index is 0.0961. The van der Waals surface area contributed by atoms with E-state index in [-0.39, 0.29) is 10.8 Å². The van der Waals surface area contributed by atoms with Crippen molar-refractivity contribution in [2.24, 2.45) is 0 Å². The summed E-state index contributed by atoms with van der Waals surface area (Å²) in [5.41, 5.74) is 0.754. The topological polar surface area (TPSA) is 62.1 Å². The lowest BCUT2D eigenvalue weighted by molar-refractivity contribution is 0.0726. The number of pyridine rings is 1. The number of imidazole rings is 1. The number of hydrogen-bond donors (Lipinski definition) is 0. The molecule has 1 aliphatic rings. The van der Waals surface area contributed by atoms with Crippen molar-refractivity contribution in [2.45, 2.75) is 0 Å². The largest absolute Gasteiger partial charge is 0.486 e. The van der Waals surface area contributed by atoms with E-state index in [1.54, 1.807) is 40.9 Å². The minimum atomic E-state index is -0.592. The van der Waals surface area contributed by atoms with E-state index < -0.39 is 5.97 Å². The fourth-order valence-electron chi connectivity index (χ4n) is 2.39. The van der Waals surface area contributed by atoms with Gasteiger partial charge in [0.2, 0.25) is 0 Å². The molecule has 0 saturated heterocycles. The fourth-order valence-corrected chi connectivity index (χ4v) is 2.65. The molecule has 1 aromatic carbocycles. The zero-order valence-corrected chi connectivity index (χ0v) is 12.6. The fraction of sp³-hybridized carbons (Fsp3) is 0.125. The Morgan fingerprint density at radius 2 is 2.00 bits per heavy atom. The Hall–Kier alpha value is -2.73. The van der Waals surface area contributed by atoms with E-state index in [9.17, 15) is 4.79 Å². The van der Waals surface area contributed by atoms with Gasteiger partial charge in [0, 0.05) is 12.3 Å². The Kier molecular flexibility index (Phi) is 3.31. The smallest absolute Gasteiger partial charge is 0.364 e. The Bertz CT molecular complexity index is 906. The number of hydrogen-bond acceptors (Lipinski definition) is 5. The third-order valence-corrected chi connectivity index (χ3v) is 3.67. The Labute approximate surface area is 136 Å². The molecule has 0 radical (unpaired) electrons. The van der Waals surface area contributed by atoms with Gasteiger partial charge in [0.1, 0.15) is 24.6 Å². The molecule has 7 heteroatoms. The summed E-state index contributed by atoms with van der Waals surface area (Å²) in [6, 6.07) is 10.3. The van der Waals surface area contributed by atoms with Gasteiger partial charge in [-0.3, -0.25) is 4.40 Å². The van der Waals surface area contributed by atoms with Crippen molar-refractivity contribution in [1.82, 2.24) is 9.38 Å². The maximum absolute atomic E-state index is 12.4. The summed E-state index contributed by atoms with van der Waals surface area (Å²) in [5.74, 6) is 0.932. The normalized spacial score (nSPS) is 13.1. The summed E-state index contributed by atoms with van der Waals surface area (Å²) in [6.07, 6.45) is 1.70. The number of fused-ring (bicyclic) bond motifs is 2. The van der Waals surface area contributed by atoms with Crippen LogP contribution in [0, 0.1) is 0 Å². The molecule has 1 aliphatic heterocycles. The Morgan fingerprint density at radius 1 is 1.17 bits per heavy atom. The van der Waals surface area contributed by atoms with Gasteiger partial charge in [0.15, 0.2) is 22.3 Å². The van der Waals surface area contributed by atoms with E-state index in [4.69, 9.17) is 25.8 Å². The number of nitrogens with zero attached hydrogens (tertiary/aromatic N) is 2. The first-order chi connectivity index (χ1) is 11.2. The van der Waals surface area contributed by atoms with Crippen molar-refractivity contribution in [2.75, 3.05) is 13.2 Å². The third kappa shape index (κ3) is 2.47. The molecule has 0 bridgehead atoms. The first kappa shape index (κ1) is 13.9.